The minimum Gasteiger partial charge on any atom is -0.350 e. The Kier molecular flexibility index (Phi) is 6.50. The summed E-state index contributed by atoms with van der Waals surface area (Å²) in [6, 6.07) is 10.7. The Balaban J connectivity index is 1.88. The number of carbonyl (C=O) groups excluding carboxylic acids is 1. The highest BCUT2D eigenvalue weighted by Gasteiger charge is 2.17. The average molecular weight is 378 g/mol. The average Bonchev–Trinajstić information content (AvgIpc) is 2.54. The van der Waals surface area contributed by atoms with Crippen LogP contribution in [0, 0.1) is 19.7 Å². The molecule has 0 radical (unpaired) electrons. The van der Waals surface area contributed by atoms with Crippen LogP contribution in [-0.2, 0) is 14.8 Å². The lowest BCUT2D eigenvalue weighted by atomic mass is 10.1. The molecule has 1 amide bonds. The maximum absolute atomic E-state index is 12.9. The smallest absolute Gasteiger partial charge is 0.240 e. The molecule has 0 spiro atoms. The first-order valence-corrected chi connectivity index (χ1v) is 9.79. The van der Waals surface area contributed by atoms with Crippen LogP contribution in [0.4, 0.5) is 4.39 Å². The van der Waals surface area contributed by atoms with E-state index in [2.05, 4.69) is 10.0 Å². The maximum atomic E-state index is 12.9. The van der Waals surface area contributed by atoms with Gasteiger partial charge in [-0.15, -0.1) is 0 Å². The zero-order valence-electron chi connectivity index (χ0n) is 15.0. The second-order valence-corrected chi connectivity index (χ2v) is 7.99. The van der Waals surface area contributed by atoms with Gasteiger partial charge in [0.1, 0.15) is 5.82 Å². The van der Waals surface area contributed by atoms with E-state index < -0.39 is 10.0 Å². The van der Waals surface area contributed by atoms with Crippen molar-refractivity contribution in [1.29, 1.82) is 0 Å². The Bertz CT molecular complexity index is 880. The predicted octanol–water partition coefficient (Wildman–Crippen LogP) is 2.99. The molecule has 0 fully saturated rings. The normalized spacial score (nSPS) is 12.6. The number of aryl methyl sites for hydroxylation is 2. The van der Waals surface area contributed by atoms with E-state index in [1.807, 2.05) is 6.92 Å². The molecule has 0 heterocycles. The van der Waals surface area contributed by atoms with Crippen molar-refractivity contribution < 1.29 is 17.6 Å². The quantitative estimate of drug-likeness (QED) is 0.778. The summed E-state index contributed by atoms with van der Waals surface area (Å²) in [5.41, 5.74) is 2.41. The largest absolute Gasteiger partial charge is 0.350 e. The maximum Gasteiger partial charge on any atom is 0.240 e. The third-order valence-corrected chi connectivity index (χ3v) is 5.63. The van der Waals surface area contributed by atoms with E-state index in [9.17, 15) is 17.6 Å². The van der Waals surface area contributed by atoms with Gasteiger partial charge in [0.05, 0.1) is 10.9 Å². The van der Waals surface area contributed by atoms with Crippen molar-refractivity contribution in [2.45, 2.75) is 38.1 Å². The summed E-state index contributed by atoms with van der Waals surface area (Å²) >= 11 is 0. The number of rotatable bonds is 7. The molecule has 0 aliphatic rings. The van der Waals surface area contributed by atoms with Gasteiger partial charge in [0.15, 0.2) is 0 Å². The lowest BCUT2D eigenvalue weighted by Gasteiger charge is -2.15. The van der Waals surface area contributed by atoms with Gasteiger partial charge >= 0.3 is 0 Å². The van der Waals surface area contributed by atoms with Crippen LogP contribution in [0.15, 0.2) is 47.4 Å². The van der Waals surface area contributed by atoms with Gasteiger partial charge in [0, 0.05) is 13.0 Å². The van der Waals surface area contributed by atoms with Gasteiger partial charge < -0.3 is 5.32 Å². The number of nitrogens with one attached hydrogen (secondary N) is 2. The summed E-state index contributed by atoms with van der Waals surface area (Å²) in [6.45, 7) is 5.41. The molecule has 2 rings (SSSR count). The lowest BCUT2D eigenvalue weighted by molar-refractivity contribution is -0.121. The Morgan fingerprint density at radius 3 is 2.38 bits per heavy atom. The fourth-order valence-electron chi connectivity index (χ4n) is 2.63. The summed E-state index contributed by atoms with van der Waals surface area (Å²) < 4.78 is 40.1. The molecule has 0 aliphatic carbocycles. The standard InChI is InChI=1S/C19H23FN2O3S/c1-13-4-9-18(14(2)12-13)26(24,25)21-11-10-19(23)22-15(3)16-5-7-17(20)8-6-16/h4-9,12,15,21H,10-11H2,1-3H3,(H,22,23). The third kappa shape index (κ3) is 5.37. The first-order chi connectivity index (χ1) is 12.2. The fraction of sp³-hybridized carbons (Fsp3) is 0.316. The number of amides is 1. The molecule has 2 aromatic carbocycles. The van der Waals surface area contributed by atoms with Gasteiger partial charge in [0.2, 0.25) is 15.9 Å². The van der Waals surface area contributed by atoms with Crippen LogP contribution in [0.3, 0.4) is 0 Å². The van der Waals surface area contributed by atoms with E-state index in [-0.39, 0.29) is 35.6 Å². The molecule has 140 valence electrons. The highest BCUT2D eigenvalue weighted by atomic mass is 32.2. The number of hydrogen-bond donors (Lipinski definition) is 2. The Morgan fingerprint density at radius 1 is 1.12 bits per heavy atom. The van der Waals surface area contributed by atoms with Gasteiger partial charge in [-0.1, -0.05) is 29.8 Å². The van der Waals surface area contributed by atoms with Crippen LogP contribution in [0.1, 0.15) is 36.1 Å². The van der Waals surface area contributed by atoms with Crippen molar-refractivity contribution in [2.75, 3.05) is 6.54 Å². The van der Waals surface area contributed by atoms with E-state index in [1.165, 1.54) is 12.1 Å². The predicted molar refractivity (Wildman–Crippen MR) is 98.7 cm³/mol. The molecule has 0 saturated carbocycles. The SMILES string of the molecule is Cc1ccc(S(=O)(=O)NCCC(=O)NC(C)c2ccc(F)cc2)c(C)c1. The second-order valence-electron chi connectivity index (χ2n) is 6.26. The van der Waals surface area contributed by atoms with Crippen LogP contribution in [0.5, 0.6) is 0 Å². The molecule has 2 aromatic rings. The first kappa shape index (κ1) is 20.1. The number of benzene rings is 2. The number of halogens is 1. The summed E-state index contributed by atoms with van der Waals surface area (Å²) in [4.78, 5) is 12.2. The van der Waals surface area contributed by atoms with Crippen LogP contribution in [0.25, 0.3) is 0 Å². The molecule has 2 N–H and O–H groups in total. The van der Waals surface area contributed by atoms with Crippen LogP contribution >= 0.6 is 0 Å². The first-order valence-electron chi connectivity index (χ1n) is 8.31. The van der Waals surface area contributed by atoms with Crippen molar-refractivity contribution in [3.8, 4) is 0 Å². The van der Waals surface area contributed by atoms with Gasteiger partial charge in [-0.2, -0.15) is 0 Å². The van der Waals surface area contributed by atoms with Crippen molar-refractivity contribution in [1.82, 2.24) is 10.0 Å². The highest BCUT2D eigenvalue weighted by molar-refractivity contribution is 7.89. The van der Waals surface area contributed by atoms with Crippen molar-refractivity contribution in [2.24, 2.45) is 0 Å². The van der Waals surface area contributed by atoms with E-state index >= 15 is 0 Å². The molecule has 0 aliphatic heterocycles. The van der Waals surface area contributed by atoms with E-state index in [0.717, 1.165) is 11.1 Å². The monoisotopic (exact) mass is 378 g/mol. The van der Waals surface area contributed by atoms with Gasteiger partial charge in [-0.3, -0.25) is 4.79 Å². The van der Waals surface area contributed by atoms with E-state index in [0.29, 0.717) is 5.56 Å². The summed E-state index contributed by atoms with van der Waals surface area (Å²) in [6.07, 6.45) is 0.00960. The molecule has 0 saturated heterocycles. The molecule has 0 bridgehead atoms. The minimum atomic E-state index is -3.66. The topological polar surface area (TPSA) is 75.3 Å². The number of hydrogen-bond acceptors (Lipinski definition) is 3. The summed E-state index contributed by atoms with van der Waals surface area (Å²) in [5.74, 6) is -0.627. The zero-order valence-corrected chi connectivity index (χ0v) is 15.9. The molecule has 1 atom stereocenters. The van der Waals surface area contributed by atoms with Gasteiger partial charge in [0.25, 0.3) is 0 Å². The Hall–Kier alpha value is -2.25. The third-order valence-electron chi connectivity index (χ3n) is 4.01. The van der Waals surface area contributed by atoms with Crippen LogP contribution in [0.2, 0.25) is 0 Å². The van der Waals surface area contributed by atoms with Gasteiger partial charge in [-0.25, -0.2) is 17.5 Å². The zero-order chi connectivity index (χ0) is 19.3. The summed E-state index contributed by atoms with van der Waals surface area (Å²) in [5, 5.41) is 2.76. The molecule has 7 heteroatoms. The molecule has 0 aromatic heterocycles. The molecular formula is C19H23FN2O3S. The van der Waals surface area contributed by atoms with Crippen LogP contribution < -0.4 is 10.0 Å². The van der Waals surface area contributed by atoms with E-state index in [4.69, 9.17) is 0 Å². The number of carbonyl (C=O) groups is 1. The van der Waals surface area contributed by atoms with Gasteiger partial charge in [-0.05, 0) is 50.1 Å². The van der Waals surface area contributed by atoms with Crippen molar-refractivity contribution in [3.63, 3.8) is 0 Å². The van der Waals surface area contributed by atoms with Crippen LogP contribution in [-0.4, -0.2) is 20.9 Å². The minimum absolute atomic E-state index is 0.00236. The second kappa shape index (κ2) is 8.42. The highest BCUT2D eigenvalue weighted by Crippen LogP contribution is 2.16. The molecule has 1 unspecified atom stereocenters. The lowest BCUT2D eigenvalue weighted by Crippen LogP contribution is -2.32. The molecule has 5 nitrogen and oxygen atoms in total. The summed E-state index contributed by atoms with van der Waals surface area (Å²) in [7, 11) is -3.66. The molecule has 26 heavy (non-hydrogen) atoms. The van der Waals surface area contributed by atoms with Crippen molar-refractivity contribution >= 4 is 15.9 Å². The Labute approximate surface area is 153 Å². The molecular weight excluding hydrogens is 355 g/mol. The fourth-order valence-corrected chi connectivity index (χ4v) is 3.88. The van der Waals surface area contributed by atoms with E-state index in [1.54, 1.807) is 44.2 Å². The number of sulfonamides is 1. The van der Waals surface area contributed by atoms with Crippen molar-refractivity contribution in [3.05, 3.63) is 65.0 Å². The Morgan fingerprint density at radius 2 is 1.77 bits per heavy atom.